The van der Waals surface area contributed by atoms with Gasteiger partial charge in [-0.25, -0.2) is 9.67 Å². The molecule has 1 unspecified atom stereocenters. The molecule has 0 saturated carbocycles. The van der Waals surface area contributed by atoms with E-state index in [1.54, 1.807) is 23.0 Å². The lowest BCUT2D eigenvalue weighted by molar-refractivity contribution is -0.131. The second-order valence-corrected chi connectivity index (χ2v) is 7.35. The van der Waals surface area contributed by atoms with E-state index in [-0.39, 0.29) is 30.6 Å². The molecule has 1 aromatic heterocycles. The first kappa shape index (κ1) is 20.5. The number of amides is 1. The highest BCUT2D eigenvalue weighted by molar-refractivity contribution is 5.99. The minimum Gasteiger partial charge on any atom is -0.339 e. The molecule has 2 aromatic carbocycles. The Kier molecular flexibility index (Phi) is 6.22. The lowest BCUT2D eigenvalue weighted by Crippen LogP contribution is -2.30. The van der Waals surface area contributed by atoms with E-state index in [4.69, 9.17) is 0 Å². The molecule has 6 heteroatoms. The first-order valence-corrected chi connectivity index (χ1v) is 9.68. The quantitative estimate of drug-likeness (QED) is 0.571. The summed E-state index contributed by atoms with van der Waals surface area (Å²) in [7, 11) is 1.78. The van der Waals surface area contributed by atoms with Gasteiger partial charge in [-0.2, -0.15) is 5.10 Å². The van der Waals surface area contributed by atoms with Crippen LogP contribution in [0.25, 0.3) is 5.69 Å². The molecule has 0 bridgehead atoms. The molecule has 150 valence electrons. The highest BCUT2D eigenvalue weighted by Crippen LogP contribution is 2.22. The van der Waals surface area contributed by atoms with E-state index in [0.29, 0.717) is 5.56 Å². The fourth-order valence-electron chi connectivity index (χ4n) is 3.25. The number of hydrogen-bond donors (Lipinski definition) is 0. The van der Waals surface area contributed by atoms with Gasteiger partial charge in [-0.1, -0.05) is 29.8 Å². The third-order valence-corrected chi connectivity index (χ3v) is 5.29. The normalized spacial score (nSPS) is 11.9. The Labute approximate surface area is 171 Å². The average molecular weight is 390 g/mol. The minimum atomic E-state index is -0.0943. The minimum absolute atomic E-state index is 0.0118. The fourth-order valence-corrected chi connectivity index (χ4v) is 3.25. The number of carbonyl (C=O) groups excluding carboxylic acids is 2. The van der Waals surface area contributed by atoms with Crippen molar-refractivity contribution in [3.8, 4) is 5.69 Å². The summed E-state index contributed by atoms with van der Waals surface area (Å²) in [6, 6.07) is 13.6. The van der Waals surface area contributed by atoms with Crippen molar-refractivity contribution in [3.05, 3.63) is 77.4 Å². The summed E-state index contributed by atoms with van der Waals surface area (Å²) in [5, 5.41) is 4.11. The first-order valence-electron chi connectivity index (χ1n) is 9.68. The molecule has 6 nitrogen and oxygen atoms in total. The number of Topliss-reactive ketones (excluding diaryl/α,β-unsaturated/α-hetero) is 1. The van der Waals surface area contributed by atoms with Crippen LogP contribution < -0.4 is 0 Å². The Morgan fingerprint density at radius 2 is 1.79 bits per heavy atom. The third-order valence-electron chi connectivity index (χ3n) is 5.29. The van der Waals surface area contributed by atoms with Gasteiger partial charge in [-0.3, -0.25) is 9.59 Å². The molecule has 0 aliphatic carbocycles. The summed E-state index contributed by atoms with van der Waals surface area (Å²) in [5.41, 5.74) is 4.63. The number of rotatable bonds is 7. The Balaban J connectivity index is 1.60. The molecule has 0 saturated heterocycles. The summed E-state index contributed by atoms with van der Waals surface area (Å²) in [4.78, 5) is 30.8. The van der Waals surface area contributed by atoms with Crippen molar-refractivity contribution in [2.45, 2.75) is 39.7 Å². The average Bonchev–Trinajstić information content (AvgIpc) is 3.27. The van der Waals surface area contributed by atoms with Crippen molar-refractivity contribution in [1.29, 1.82) is 0 Å². The highest BCUT2D eigenvalue weighted by Gasteiger charge is 2.19. The zero-order chi connectivity index (χ0) is 21.0. The lowest BCUT2D eigenvalue weighted by atomic mass is 9.99. The van der Waals surface area contributed by atoms with E-state index in [9.17, 15) is 9.59 Å². The van der Waals surface area contributed by atoms with E-state index >= 15 is 0 Å². The second-order valence-electron chi connectivity index (χ2n) is 7.35. The van der Waals surface area contributed by atoms with Crippen molar-refractivity contribution in [3.63, 3.8) is 0 Å². The molecule has 1 atom stereocenters. The molecule has 0 fully saturated rings. The molecule has 0 aliphatic heterocycles. The molecular weight excluding hydrogens is 364 g/mol. The summed E-state index contributed by atoms with van der Waals surface area (Å²) in [6.45, 7) is 5.87. The van der Waals surface area contributed by atoms with Crippen LogP contribution >= 0.6 is 0 Å². The van der Waals surface area contributed by atoms with Gasteiger partial charge in [-0.05, 0) is 50.1 Å². The van der Waals surface area contributed by atoms with Crippen LogP contribution in [-0.4, -0.2) is 38.4 Å². The van der Waals surface area contributed by atoms with Gasteiger partial charge in [-0.15, -0.1) is 0 Å². The molecule has 3 aromatic rings. The summed E-state index contributed by atoms with van der Waals surface area (Å²) in [5.74, 6) is -0.0331. The highest BCUT2D eigenvalue weighted by atomic mass is 16.2. The Morgan fingerprint density at radius 3 is 2.45 bits per heavy atom. The van der Waals surface area contributed by atoms with Crippen molar-refractivity contribution in [1.82, 2.24) is 19.7 Å². The van der Waals surface area contributed by atoms with Crippen LogP contribution in [0.4, 0.5) is 0 Å². The Hall–Kier alpha value is -3.28. The number of hydrogen-bond acceptors (Lipinski definition) is 4. The van der Waals surface area contributed by atoms with Crippen LogP contribution in [0.15, 0.2) is 55.1 Å². The summed E-state index contributed by atoms with van der Waals surface area (Å²) >= 11 is 0. The summed E-state index contributed by atoms with van der Waals surface area (Å²) < 4.78 is 1.68. The number of ketones is 1. The van der Waals surface area contributed by atoms with Crippen LogP contribution in [-0.2, 0) is 4.79 Å². The molecule has 0 radical (unpaired) electrons. The number of benzene rings is 2. The fraction of sp³-hybridized carbons (Fsp3) is 0.304. The van der Waals surface area contributed by atoms with E-state index in [2.05, 4.69) is 10.1 Å². The van der Waals surface area contributed by atoms with Crippen molar-refractivity contribution < 1.29 is 9.59 Å². The van der Waals surface area contributed by atoms with Gasteiger partial charge in [0, 0.05) is 25.5 Å². The van der Waals surface area contributed by atoms with E-state index in [0.717, 1.165) is 22.4 Å². The monoisotopic (exact) mass is 390 g/mol. The molecule has 3 rings (SSSR count). The maximum absolute atomic E-state index is 12.7. The Bertz CT molecular complexity index is 994. The molecule has 0 N–H and O–H groups in total. The van der Waals surface area contributed by atoms with Crippen molar-refractivity contribution in [2.75, 3.05) is 7.05 Å². The van der Waals surface area contributed by atoms with Crippen LogP contribution in [0.5, 0.6) is 0 Å². The summed E-state index contributed by atoms with van der Waals surface area (Å²) in [6.07, 6.45) is 3.54. The van der Waals surface area contributed by atoms with E-state index in [1.165, 1.54) is 6.33 Å². The van der Waals surface area contributed by atoms with Gasteiger partial charge in [0.1, 0.15) is 12.7 Å². The smallest absolute Gasteiger partial charge is 0.223 e. The van der Waals surface area contributed by atoms with Crippen molar-refractivity contribution >= 4 is 11.7 Å². The zero-order valence-electron chi connectivity index (χ0n) is 17.3. The SMILES string of the molecule is Cc1ccc(C)c(C(=O)CCC(=O)N(C)C(C)c2ccc(-n3cncn3)cc2)c1. The molecular formula is C23H26N4O2. The van der Waals surface area contributed by atoms with E-state index in [1.807, 2.05) is 63.2 Å². The van der Waals surface area contributed by atoms with Gasteiger partial charge < -0.3 is 4.90 Å². The first-order chi connectivity index (χ1) is 13.9. The van der Waals surface area contributed by atoms with Crippen LogP contribution in [0.3, 0.4) is 0 Å². The maximum atomic E-state index is 12.7. The van der Waals surface area contributed by atoms with Crippen LogP contribution in [0, 0.1) is 13.8 Å². The van der Waals surface area contributed by atoms with Crippen LogP contribution in [0.2, 0.25) is 0 Å². The van der Waals surface area contributed by atoms with Gasteiger partial charge in [0.05, 0.1) is 11.7 Å². The molecule has 29 heavy (non-hydrogen) atoms. The lowest BCUT2D eigenvalue weighted by Gasteiger charge is -2.25. The second kappa shape index (κ2) is 8.82. The van der Waals surface area contributed by atoms with Gasteiger partial charge in [0.2, 0.25) is 5.91 Å². The molecule has 1 amide bonds. The molecule has 1 heterocycles. The standard InChI is InChI=1S/C23H26N4O2/c1-16-5-6-17(2)21(13-16)22(28)11-12-23(29)26(4)18(3)19-7-9-20(10-8-19)27-15-24-14-25-27/h5-10,13-15,18H,11-12H2,1-4H3. The number of carbonyl (C=O) groups is 2. The van der Waals surface area contributed by atoms with E-state index < -0.39 is 0 Å². The number of nitrogens with zero attached hydrogens (tertiary/aromatic N) is 4. The van der Waals surface area contributed by atoms with Gasteiger partial charge in [0.15, 0.2) is 5.78 Å². The Morgan fingerprint density at radius 1 is 1.07 bits per heavy atom. The number of aryl methyl sites for hydroxylation is 2. The predicted octanol–water partition coefficient (Wildman–Crippen LogP) is 4.07. The molecule has 0 spiro atoms. The largest absolute Gasteiger partial charge is 0.339 e. The van der Waals surface area contributed by atoms with Gasteiger partial charge in [0.25, 0.3) is 0 Å². The van der Waals surface area contributed by atoms with Gasteiger partial charge >= 0.3 is 0 Å². The van der Waals surface area contributed by atoms with Crippen molar-refractivity contribution in [2.24, 2.45) is 0 Å². The topological polar surface area (TPSA) is 68.1 Å². The van der Waals surface area contributed by atoms with Crippen LogP contribution in [0.1, 0.15) is 52.9 Å². The maximum Gasteiger partial charge on any atom is 0.223 e. The zero-order valence-corrected chi connectivity index (χ0v) is 17.3. The number of aromatic nitrogens is 3. The molecule has 0 aliphatic rings. The predicted molar refractivity (Wildman–Crippen MR) is 112 cm³/mol. The third kappa shape index (κ3) is 4.77.